The number of methoxy groups -OCH3 is 1. The zero-order valence-electron chi connectivity index (χ0n) is 25.1. The van der Waals surface area contributed by atoms with Crippen molar-refractivity contribution < 1.29 is 38.6 Å². The lowest BCUT2D eigenvalue weighted by Crippen LogP contribution is -2.45. The van der Waals surface area contributed by atoms with Crippen LogP contribution >= 0.6 is 15.9 Å². The number of nitrogens with one attached hydrogen (secondary N) is 3. The van der Waals surface area contributed by atoms with E-state index in [1.807, 2.05) is 0 Å². The number of allylic oxidation sites excluding steroid dienone is 1. The molecule has 3 aromatic carbocycles. The number of esters is 1. The van der Waals surface area contributed by atoms with Gasteiger partial charge in [0, 0.05) is 17.8 Å². The van der Waals surface area contributed by atoms with Gasteiger partial charge in [-0.05, 0) is 88.9 Å². The SMILES string of the molecule is CCOc1cc([C@@H]2NC(=O)NC(C)=C2C(=O)OC)ccc1OC[C@@H](O)N/N=C\c1ccc(OCc2ccc([N+](=O)[O-])cc2)c(Br)c1. The number of hydrazone groups is 1. The van der Waals surface area contributed by atoms with Crippen LogP contribution in [0, 0.1) is 10.1 Å². The molecule has 0 saturated heterocycles. The van der Waals surface area contributed by atoms with Crippen LogP contribution in [0.4, 0.5) is 10.5 Å². The zero-order valence-corrected chi connectivity index (χ0v) is 26.7. The maximum Gasteiger partial charge on any atom is 0.337 e. The first-order chi connectivity index (χ1) is 22.1. The minimum atomic E-state index is -1.17. The molecule has 4 N–H and O–H groups in total. The van der Waals surface area contributed by atoms with E-state index in [4.69, 9.17) is 18.9 Å². The molecule has 2 amide bonds. The van der Waals surface area contributed by atoms with Gasteiger partial charge >= 0.3 is 12.0 Å². The van der Waals surface area contributed by atoms with Crippen molar-refractivity contribution >= 4 is 39.8 Å². The van der Waals surface area contributed by atoms with E-state index in [-0.39, 0.29) is 24.5 Å². The van der Waals surface area contributed by atoms with E-state index in [1.165, 1.54) is 25.5 Å². The molecule has 0 unspecified atom stereocenters. The molecule has 1 aliphatic heterocycles. The molecule has 1 aliphatic rings. The summed E-state index contributed by atoms with van der Waals surface area (Å²) in [7, 11) is 1.26. The molecule has 2 atom stereocenters. The molecular formula is C31H32BrN5O9. The first-order valence-corrected chi connectivity index (χ1v) is 14.8. The largest absolute Gasteiger partial charge is 0.490 e. The Balaban J connectivity index is 1.33. The summed E-state index contributed by atoms with van der Waals surface area (Å²) < 4.78 is 22.9. The lowest BCUT2D eigenvalue weighted by atomic mass is 9.95. The van der Waals surface area contributed by atoms with Crippen molar-refractivity contribution in [3.8, 4) is 17.2 Å². The number of benzene rings is 3. The number of nitro groups is 1. The second-order valence-corrected chi connectivity index (χ2v) is 10.7. The molecule has 0 aromatic heterocycles. The van der Waals surface area contributed by atoms with E-state index >= 15 is 0 Å². The number of carbonyl (C=O) groups excluding carboxylic acids is 2. The number of urea groups is 1. The van der Waals surface area contributed by atoms with Crippen molar-refractivity contribution in [3.63, 3.8) is 0 Å². The van der Waals surface area contributed by atoms with Crippen LogP contribution in [0.1, 0.15) is 36.6 Å². The fourth-order valence-corrected chi connectivity index (χ4v) is 4.92. The van der Waals surface area contributed by atoms with Crippen LogP contribution in [0.3, 0.4) is 0 Å². The van der Waals surface area contributed by atoms with Gasteiger partial charge in [0.05, 0.1) is 40.9 Å². The highest BCUT2D eigenvalue weighted by molar-refractivity contribution is 9.10. The first kappa shape index (κ1) is 33.7. The molecule has 0 radical (unpaired) electrons. The van der Waals surface area contributed by atoms with Crippen LogP contribution in [-0.2, 0) is 16.1 Å². The summed E-state index contributed by atoms with van der Waals surface area (Å²) in [6, 6.07) is 15.1. The van der Waals surface area contributed by atoms with Crippen molar-refractivity contribution in [2.45, 2.75) is 32.7 Å². The Hall–Kier alpha value is -5.15. The Kier molecular flexibility index (Phi) is 11.5. The van der Waals surface area contributed by atoms with E-state index in [1.54, 1.807) is 62.4 Å². The van der Waals surface area contributed by atoms with Crippen molar-refractivity contribution in [1.82, 2.24) is 16.1 Å². The number of aliphatic hydroxyl groups excluding tert-OH is 1. The summed E-state index contributed by atoms with van der Waals surface area (Å²) >= 11 is 3.47. The molecule has 4 rings (SSSR count). The van der Waals surface area contributed by atoms with Gasteiger partial charge in [-0.15, -0.1) is 0 Å². The molecule has 15 heteroatoms. The van der Waals surface area contributed by atoms with Gasteiger partial charge in [0.1, 0.15) is 19.0 Å². The highest BCUT2D eigenvalue weighted by atomic mass is 79.9. The first-order valence-electron chi connectivity index (χ1n) is 14.0. The molecular weight excluding hydrogens is 666 g/mol. The Morgan fingerprint density at radius 2 is 1.85 bits per heavy atom. The van der Waals surface area contributed by atoms with Crippen molar-refractivity contribution in [2.24, 2.45) is 5.10 Å². The van der Waals surface area contributed by atoms with E-state index in [9.17, 15) is 24.8 Å². The maximum atomic E-state index is 12.4. The number of non-ortho nitro benzene ring substituents is 1. The summed E-state index contributed by atoms with van der Waals surface area (Å²) in [6.45, 7) is 3.79. The minimum Gasteiger partial charge on any atom is -0.490 e. The van der Waals surface area contributed by atoms with Gasteiger partial charge in [-0.25, -0.2) is 9.59 Å². The number of hydrogen-bond donors (Lipinski definition) is 4. The summed E-state index contributed by atoms with van der Waals surface area (Å²) in [5, 5.41) is 30.6. The third kappa shape index (κ3) is 8.73. The second-order valence-electron chi connectivity index (χ2n) is 9.82. The zero-order chi connectivity index (χ0) is 33.2. The van der Waals surface area contributed by atoms with Crippen LogP contribution in [0.15, 0.2) is 81.5 Å². The number of carbonyl (C=O) groups is 2. The minimum absolute atomic E-state index is 0.0119. The summed E-state index contributed by atoms with van der Waals surface area (Å²) in [5.74, 6) is 0.679. The number of hydrogen-bond acceptors (Lipinski definition) is 11. The standard InChI is InChI=1S/C31H32BrN5O9/c1-4-44-26-14-21(29-28(30(39)43-3)18(2)34-31(40)35-29)8-12-25(26)46-17-27(38)36-33-15-20-7-11-24(23(32)13-20)45-16-19-5-9-22(10-6-19)37(41)42/h5-15,27,29,36,38H,4,16-17H2,1-3H3,(H2,34,35,40)/b33-15-/t27-,29+/m1/s1. The number of amides is 2. The molecule has 0 spiro atoms. The van der Waals surface area contributed by atoms with Gasteiger partial charge in [-0.2, -0.15) is 5.10 Å². The summed E-state index contributed by atoms with van der Waals surface area (Å²) in [5.41, 5.74) is 5.31. The predicted molar refractivity (Wildman–Crippen MR) is 171 cm³/mol. The third-order valence-electron chi connectivity index (χ3n) is 6.61. The Labute approximate surface area is 272 Å². The quantitative estimate of drug-likeness (QED) is 0.0617. The Morgan fingerprint density at radius 1 is 1.11 bits per heavy atom. The van der Waals surface area contributed by atoms with Gasteiger partial charge in [-0.1, -0.05) is 6.07 Å². The van der Waals surface area contributed by atoms with Gasteiger partial charge in [0.15, 0.2) is 17.7 Å². The predicted octanol–water partition coefficient (Wildman–Crippen LogP) is 4.46. The van der Waals surface area contributed by atoms with E-state index in [0.29, 0.717) is 45.2 Å². The normalized spacial score (nSPS) is 15.1. The lowest BCUT2D eigenvalue weighted by molar-refractivity contribution is -0.384. The van der Waals surface area contributed by atoms with Crippen molar-refractivity contribution in [1.29, 1.82) is 0 Å². The molecule has 242 valence electrons. The van der Waals surface area contributed by atoms with Gasteiger partial charge < -0.3 is 34.7 Å². The molecule has 1 heterocycles. The molecule has 14 nitrogen and oxygen atoms in total. The number of aliphatic hydroxyl groups is 1. The number of rotatable bonds is 14. The highest BCUT2D eigenvalue weighted by Crippen LogP contribution is 2.35. The fraction of sp³-hybridized carbons (Fsp3) is 0.258. The number of nitrogens with zero attached hydrogens (tertiary/aromatic N) is 2. The Bertz CT molecular complexity index is 1650. The highest BCUT2D eigenvalue weighted by Gasteiger charge is 2.32. The number of nitro benzene ring substituents is 1. The van der Waals surface area contributed by atoms with Crippen molar-refractivity contribution in [3.05, 3.63) is 103 Å². The second kappa shape index (κ2) is 15.7. The molecule has 0 saturated carbocycles. The van der Waals surface area contributed by atoms with Gasteiger partial charge in [0.25, 0.3) is 5.69 Å². The van der Waals surface area contributed by atoms with Crippen LogP contribution < -0.4 is 30.3 Å². The monoisotopic (exact) mass is 697 g/mol. The average Bonchev–Trinajstić information content (AvgIpc) is 3.03. The van der Waals surface area contributed by atoms with E-state index in [0.717, 1.165) is 5.56 Å². The molecule has 0 bridgehead atoms. The third-order valence-corrected chi connectivity index (χ3v) is 7.23. The van der Waals surface area contributed by atoms with Crippen LogP contribution in [0.5, 0.6) is 17.2 Å². The average molecular weight is 699 g/mol. The van der Waals surface area contributed by atoms with Crippen LogP contribution in [0.25, 0.3) is 0 Å². The number of halogens is 1. The summed E-state index contributed by atoms with van der Waals surface area (Å²) in [6.07, 6.45) is 0.342. The molecule has 0 fully saturated rings. The topological polar surface area (TPSA) is 183 Å². The molecule has 0 aliphatic carbocycles. The van der Waals surface area contributed by atoms with Crippen molar-refractivity contribution in [2.75, 3.05) is 20.3 Å². The van der Waals surface area contributed by atoms with E-state index in [2.05, 4.69) is 37.1 Å². The number of ether oxygens (including phenoxy) is 4. The van der Waals surface area contributed by atoms with Crippen LogP contribution in [0.2, 0.25) is 0 Å². The van der Waals surface area contributed by atoms with E-state index < -0.39 is 29.2 Å². The fourth-order valence-electron chi connectivity index (χ4n) is 4.41. The maximum absolute atomic E-state index is 12.4. The smallest absolute Gasteiger partial charge is 0.337 e. The molecule has 3 aromatic rings. The van der Waals surface area contributed by atoms with Crippen LogP contribution in [-0.4, -0.2) is 54.8 Å². The van der Waals surface area contributed by atoms with Gasteiger partial charge in [0.2, 0.25) is 0 Å². The summed E-state index contributed by atoms with van der Waals surface area (Å²) in [4.78, 5) is 34.9. The van der Waals surface area contributed by atoms with Gasteiger partial charge in [-0.3, -0.25) is 15.5 Å². The molecule has 46 heavy (non-hydrogen) atoms. The Morgan fingerprint density at radius 3 is 2.52 bits per heavy atom. The lowest BCUT2D eigenvalue weighted by Gasteiger charge is -2.28.